The first-order valence-corrected chi connectivity index (χ1v) is 6.10. The van der Waals surface area contributed by atoms with Gasteiger partial charge in [0.15, 0.2) is 5.78 Å². The predicted molar refractivity (Wildman–Crippen MR) is 70.8 cm³/mol. The highest BCUT2D eigenvalue weighted by Gasteiger charge is 2.39. The van der Waals surface area contributed by atoms with Gasteiger partial charge < -0.3 is 9.47 Å². The third-order valence-corrected chi connectivity index (χ3v) is 3.16. The highest BCUT2D eigenvalue weighted by molar-refractivity contribution is 9.10. The van der Waals surface area contributed by atoms with E-state index < -0.39 is 11.4 Å². The molecule has 0 unspecified atom stereocenters. The maximum absolute atomic E-state index is 12.4. The second-order valence-corrected chi connectivity index (χ2v) is 5.21. The first-order valence-electron chi connectivity index (χ1n) is 5.31. The van der Waals surface area contributed by atoms with Crippen LogP contribution in [0, 0.1) is 5.41 Å². The highest BCUT2D eigenvalue weighted by atomic mass is 79.9. The van der Waals surface area contributed by atoms with Crippen molar-refractivity contribution in [3.05, 3.63) is 28.2 Å². The Morgan fingerprint density at radius 3 is 2.33 bits per heavy atom. The van der Waals surface area contributed by atoms with Gasteiger partial charge in [0.05, 0.1) is 19.8 Å². The smallest absolute Gasteiger partial charge is 0.319 e. The number of halogens is 1. The van der Waals surface area contributed by atoms with Gasteiger partial charge in [0.2, 0.25) is 0 Å². The van der Waals surface area contributed by atoms with E-state index in [1.54, 1.807) is 18.2 Å². The molecule has 4 nitrogen and oxygen atoms in total. The van der Waals surface area contributed by atoms with E-state index in [4.69, 9.17) is 4.74 Å². The molecule has 0 saturated heterocycles. The average molecular weight is 315 g/mol. The molecule has 98 valence electrons. The molecular formula is C13H15BrO4. The Balaban J connectivity index is 3.26. The molecule has 0 fully saturated rings. The summed E-state index contributed by atoms with van der Waals surface area (Å²) in [5, 5.41) is 0. The number of methoxy groups -OCH3 is 2. The zero-order chi connectivity index (χ0) is 13.9. The quantitative estimate of drug-likeness (QED) is 0.487. The number of esters is 1. The summed E-state index contributed by atoms with van der Waals surface area (Å²) in [5.74, 6) is -0.484. The van der Waals surface area contributed by atoms with E-state index in [-0.39, 0.29) is 5.78 Å². The maximum Gasteiger partial charge on any atom is 0.319 e. The van der Waals surface area contributed by atoms with Crippen LogP contribution in [0.3, 0.4) is 0 Å². The number of ether oxygens (including phenoxy) is 2. The van der Waals surface area contributed by atoms with Crippen molar-refractivity contribution in [2.24, 2.45) is 5.41 Å². The SMILES string of the molecule is COC(=O)C(C)(C)C(=O)c1cc(Br)ccc1OC. The van der Waals surface area contributed by atoms with E-state index >= 15 is 0 Å². The highest BCUT2D eigenvalue weighted by Crippen LogP contribution is 2.30. The summed E-state index contributed by atoms with van der Waals surface area (Å²) in [5.41, 5.74) is -0.898. The van der Waals surface area contributed by atoms with E-state index in [0.29, 0.717) is 11.3 Å². The standard InChI is InChI=1S/C13H15BrO4/c1-13(2,12(16)18-4)11(15)9-7-8(14)5-6-10(9)17-3/h5-7H,1-4H3. The Morgan fingerprint density at radius 2 is 1.83 bits per heavy atom. The molecule has 0 aliphatic heterocycles. The molecule has 5 heteroatoms. The molecule has 1 aromatic carbocycles. The van der Waals surface area contributed by atoms with Crippen LogP contribution in [-0.4, -0.2) is 26.0 Å². The molecule has 1 aromatic rings. The van der Waals surface area contributed by atoms with E-state index in [2.05, 4.69) is 20.7 Å². The molecule has 0 aliphatic rings. The van der Waals surface area contributed by atoms with E-state index in [9.17, 15) is 9.59 Å². The number of rotatable bonds is 4. The largest absolute Gasteiger partial charge is 0.496 e. The summed E-state index contributed by atoms with van der Waals surface area (Å²) < 4.78 is 10.5. The van der Waals surface area contributed by atoms with Crippen LogP contribution in [0.15, 0.2) is 22.7 Å². The summed E-state index contributed by atoms with van der Waals surface area (Å²) in [7, 11) is 2.74. The van der Waals surface area contributed by atoms with E-state index in [0.717, 1.165) is 4.47 Å². The minimum atomic E-state index is -1.25. The van der Waals surface area contributed by atoms with Crippen LogP contribution in [0.4, 0.5) is 0 Å². The van der Waals surface area contributed by atoms with Crippen molar-refractivity contribution in [1.29, 1.82) is 0 Å². The van der Waals surface area contributed by atoms with Gasteiger partial charge in [-0.3, -0.25) is 9.59 Å². The lowest BCUT2D eigenvalue weighted by molar-refractivity contribution is -0.147. The normalized spacial score (nSPS) is 10.9. The fourth-order valence-corrected chi connectivity index (χ4v) is 1.90. The molecule has 0 bridgehead atoms. The van der Waals surface area contributed by atoms with Gasteiger partial charge in [-0.1, -0.05) is 15.9 Å². The topological polar surface area (TPSA) is 52.6 Å². The molecule has 0 heterocycles. The van der Waals surface area contributed by atoms with E-state index in [1.807, 2.05) is 0 Å². The minimum absolute atomic E-state index is 0.340. The third-order valence-electron chi connectivity index (χ3n) is 2.67. The number of ketones is 1. The van der Waals surface area contributed by atoms with Gasteiger partial charge >= 0.3 is 5.97 Å². The lowest BCUT2D eigenvalue weighted by Gasteiger charge is -2.21. The second kappa shape index (κ2) is 5.52. The van der Waals surface area contributed by atoms with Crippen LogP contribution >= 0.6 is 15.9 Å². The Kier molecular flexibility index (Phi) is 4.51. The molecule has 1 rings (SSSR count). The van der Waals surface area contributed by atoms with E-state index in [1.165, 1.54) is 28.1 Å². The van der Waals surface area contributed by atoms with Gasteiger partial charge in [-0.25, -0.2) is 0 Å². The molecule has 0 saturated carbocycles. The van der Waals surface area contributed by atoms with Crippen LogP contribution in [0.2, 0.25) is 0 Å². The zero-order valence-electron chi connectivity index (χ0n) is 10.7. The van der Waals surface area contributed by atoms with Gasteiger partial charge in [0.25, 0.3) is 0 Å². The Bertz CT molecular complexity index is 480. The van der Waals surface area contributed by atoms with Crippen LogP contribution in [0.5, 0.6) is 5.75 Å². The number of carbonyl (C=O) groups is 2. The lowest BCUT2D eigenvalue weighted by Crippen LogP contribution is -2.34. The Labute approximate surface area is 114 Å². The summed E-state index contributed by atoms with van der Waals surface area (Å²) in [6, 6.07) is 5.07. The number of benzene rings is 1. The van der Waals surface area contributed by atoms with Gasteiger partial charge in [-0.15, -0.1) is 0 Å². The minimum Gasteiger partial charge on any atom is -0.496 e. The molecule has 18 heavy (non-hydrogen) atoms. The molecule has 0 atom stereocenters. The van der Waals surface area contributed by atoms with Crippen molar-refractivity contribution in [2.75, 3.05) is 14.2 Å². The maximum atomic E-state index is 12.4. The van der Waals surface area contributed by atoms with Crippen molar-refractivity contribution in [1.82, 2.24) is 0 Å². The van der Waals surface area contributed by atoms with Crippen LogP contribution in [0.25, 0.3) is 0 Å². The van der Waals surface area contributed by atoms with Crippen molar-refractivity contribution in [3.8, 4) is 5.75 Å². The summed E-state index contributed by atoms with van der Waals surface area (Å²) >= 11 is 3.29. The first-order chi connectivity index (χ1) is 8.34. The number of hydrogen-bond acceptors (Lipinski definition) is 4. The van der Waals surface area contributed by atoms with Gasteiger partial charge in [0.1, 0.15) is 11.2 Å². The first kappa shape index (κ1) is 14.7. The summed E-state index contributed by atoms with van der Waals surface area (Å²) in [4.78, 5) is 24.0. The van der Waals surface area contributed by atoms with Crippen molar-refractivity contribution < 1.29 is 19.1 Å². The number of hydrogen-bond donors (Lipinski definition) is 0. The van der Waals surface area contributed by atoms with Crippen molar-refractivity contribution >= 4 is 27.7 Å². The fourth-order valence-electron chi connectivity index (χ4n) is 1.54. The molecule has 0 spiro atoms. The molecular weight excluding hydrogens is 300 g/mol. The van der Waals surface area contributed by atoms with Crippen LogP contribution in [0.1, 0.15) is 24.2 Å². The van der Waals surface area contributed by atoms with Crippen molar-refractivity contribution in [3.63, 3.8) is 0 Å². The lowest BCUT2D eigenvalue weighted by atomic mass is 9.84. The number of Topliss-reactive ketones (excluding diaryl/α,β-unsaturated/α-hetero) is 1. The molecule has 0 aliphatic carbocycles. The van der Waals surface area contributed by atoms with Gasteiger partial charge in [-0.2, -0.15) is 0 Å². The predicted octanol–water partition coefficient (Wildman–Crippen LogP) is 2.84. The zero-order valence-corrected chi connectivity index (χ0v) is 12.3. The Hall–Kier alpha value is -1.36. The van der Waals surface area contributed by atoms with Crippen LogP contribution in [-0.2, 0) is 9.53 Å². The monoisotopic (exact) mass is 314 g/mol. The van der Waals surface area contributed by atoms with Gasteiger partial charge in [-0.05, 0) is 32.0 Å². The molecule has 0 N–H and O–H groups in total. The second-order valence-electron chi connectivity index (χ2n) is 4.29. The molecule has 0 radical (unpaired) electrons. The van der Waals surface area contributed by atoms with Gasteiger partial charge in [0, 0.05) is 4.47 Å². The fraction of sp³-hybridized carbons (Fsp3) is 0.385. The average Bonchev–Trinajstić information content (AvgIpc) is 2.36. The van der Waals surface area contributed by atoms with Crippen molar-refractivity contribution in [2.45, 2.75) is 13.8 Å². The summed E-state index contributed by atoms with van der Waals surface area (Å²) in [6.45, 7) is 3.06. The molecule has 0 amide bonds. The number of carbonyl (C=O) groups excluding carboxylic acids is 2. The van der Waals surface area contributed by atoms with Crippen LogP contribution < -0.4 is 4.74 Å². The third kappa shape index (κ3) is 2.72. The molecule has 0 aromatic heterocycles. The summed E-state index contributed by atoms with van der Waals surface area (Å²) in [6.07, 6.45) is 0. The Morgan fingerprint density at radius 1 is 1.22 bits per heavy atom.